The first kappa shape index (κ1) is 9.48. The van der Waals surface area contributed by atoms with Gasteiger partial charge in [0, 0.05) is 10.0 Å². The Hall–Kier alpha value is -1.07. The molecular weight excluding hydrogens is 264 g/mol. The fourth-order valence-corrected chi connectivity index (χ4v) is 1.85. The summed E-state index contributed by atoms with van der Waals surface area (Å²) in [4.78, 5) is 11.2. The van der Waals surface area contributed by atoms with Gasteiger partial charge < -0.3 is 0 Å². The summed E-state index contributed by atoms with van der Waals surface area (Å²) in [5, 5.41) is 3.91. The second kappa shape index (κ2) is 3.98. The Balaban J connectivity index is 2.49. The molecule has 70 valence electrons. The zero-order valence-corrected chi connectivity index (χ0v) is 9.38. The normalized spacial score (nSPS) is 10.1. The molecule has 0 aliphatic rings. The number of hydrogen-bond donors (Lipinski definition) is 0. The first-order chi connectivity index (χ1) is 6.81. The Morgan fingerprint density at radius 2 is 2.00 bits per heavy atom. The third-order valence-corrected chi connectivity index (χ3v) is 2.92. The van der Waals surface area contributed by atoms with E-state index in [0.29, 0.717) is 10.6 Å². The second-order valence-electron chi connectivity index (χ2n) is 2.61. The largest absolute Gasteiger partial charge is 0.297 e. The number of carbonyl (C=O) groups excluding carboxylic acids is 1. The molecule has 0 bridgehead atoms. The van der Waals surface area contributed by atoms with Crippen molar-refractivity contribution < 1.29 is 4.79 Å². The van der Waals surface area contributed by atoms with Crippen LogP contribution in [0.1, 0.15) is 9.67 Å². The minimum atomic E-state index is 0.562. The van der Waals surface area contributed by atoms with E-state index in [0.717, 1.165) is 27.9 Å². The fourth-order valence-electron chi connectivity index (χ4n) is 1.08. The molecule has 2 aromatic rings. The monoisotopic (exact) mass is 268 g/mol. The van der Waals surface area contributed by atoms with Crippen LogP contribution in [0.3, 0.4) is 0 Å². The first-order valence-electron chi connectivity index (χ1n) is 3.85. The Kier molecular flexibility index (Phi) is 2.69. The summed E-state index contributed by atoms with van der Waals surface area (Å²) >= 11 is 4.45. The quantitative estimate of drug-likeness (QED) is 0.787. The zero-order chi connectivity index (χ0) is 9.97. The van der Waals surface area contributed by atoms with Gasteiger partial charge >= 0.3 is 0 Å². The van der Waals surface area contributed by atoms with Gasteiger partial charge in [-0.15, -0.1) is 5.10 Å². The molecule has 3 nitrogen and oxygen atoms in total. The highest BCUT2D eigenvalue weighted by Crippen LogP contribution is 2.23. The van der Waals surface area contributed by atoms with Gasteiger partial charge in [0.05, 0.1) is 0 Å². The van der Waals surface area contributed by atoms with Crippen molar-refractivity contribution in [3.63, 3.8) is 0 Å². The van der Waals surface area contributed by atoms with E-state index >= 15 is 0 Å². The van der Waals surface area contributed by atoms with Crippen molar-refractivity contribution in [1.82, 2.24) is 9.59 Å². The van der Waals surface area contributed by atoms with Gasteiger partial charge in [-0.1, -0.05) is 32.6 Å². The maximum absolute atomic E-state index is 10.6. The molecule has 0 radical (unpaired) electrons. The predicted molar refractivity (Wildman–Crippen MR) is 58.4 cm³/mol. The molecular formula is C9H5BrN2OS. The minimum absolute atomic E-state index is 0.562. The van der Waals surface area contributed by atoms with E-state index in [9.17, 15) is 4.79 Å². The lowest BCUT2D eigenvalue weighted by Crippen LogP contribution is -1.82. The van der Waals surface area contributed by atoms with Gasteiger partial charge in [0.15, 0.2) is 6.29 Å². The van der Waals surface area contributed by atoms with E-state index in [-0.39, 0.29) is 0 Å². The molecule has 1 aromatic heterocycles. The number of hydrogen-bond acceptors (Lipinski definition) is 4. The van der Waals surface area contributed by atoms with E-state index < -0.39 is 0 Å². The van der Waals surface area contributed by atoms with E-state index in [1.54, 1.807) is 0 Å². The average Bonchev–Trinajstić information content (AvgIpc) is 2.67. The van der Waals surface area contributed by atoms with E-state index in [1.807, 2.05) is 24.3 Å². The molecule has 14 heavy (non-hydrogen) atoms. The molecule has 0 spiro atoms. The molecule has 5 heteroatoms. The summed E-state index contributed by atoms with van der Waals surface area (Å²) in [6.45, 7) is 0. The molecule has 0 N–H and O–H groups in total. The molecule has 0 aliphatic heterocycles. The van der Waals surface area contributed by atoms with Gasteiger partial charge in [0.2, 0.25) is 0 Å². The lowest BCUT2D eigenvalue weighted by molar-refractivity contribution is 0.112. The van der Waals surface area contributed by atoms with Crippen LogP contribution in [0.2, 0.25) is 0 Å². The summed E-state index contributed by atoms with van der Waals surface area (Å²) in [6, 6.07) is 7.61. The number of halogens is 1. The number of nitrogens with zero attached hydrogens (tertiary/aromatic N) is 2. The molecule has 1 aromatic carbocycles. The van der Waals surface area contributed by atoms with Gasteiger partial charge in [-0.05, 0) is 23.7 Å². The summed E-state index contributed by atoms with van der Waals surface area (Å²) in [7, 11) is 0. The fraction of sp³-hybridized carbons (Fsp3) is 0. The number of carbonyl (C=O) groups is 1. The van der Waals surface area contributed by atoms with Crippen LogP contribution in [0, 0.1) is 0 Å². The molecule has 2 rings (SSSR count). The topological polar surface area (TPSA) is 42.9 Å². The summed E-state index contributed by atoms with van der Waals surface area (Å²) < 4.78 is 4.74. The van der Waals surface area contributed by atoms with E-state index in [2.05, 4.69) is 25.5 Å². The molecule has 1 heterocycles. The lowest BCUT2D eigenvalue weighted by Gasteiger charge is -1.96. The van der Waals surface area contributed by atoms with Crippen LogP contribution >= 0.6 is 27.5 Å². The van der Waals surface area contributed by atoms with Crippen molar-refractivity contribution in [2.24, 2.45) is 0 Å². The standard InChI is InChI=1S/C9H5BrN2OS/c10-7-3-1-6(2-4-7)9-8(5-13)14-12-11-9/h1-5H. The van der Waals surface area contributed by atoms with E-state index in [4.69, 9.17) is 0 Å². The van der Waals surface area contributed by atoms with Crippen molar-refractivity contribution in [2.45, 2.75) is 0 Å². The van der Waals surface area contributed by atoms with Crippen molar-refractivity contribution >= 4 is 33.7 Å². The summed E-state index contributed by atoms with van der Waals surface area (Å²) in [5.74, 6) is 0. The SMILES string of the molecule is O=Cc1snnc1-c1ccc(Br)cc1. The predicted octanol–water partition coefficient (Wildman–Crippen LogP) is 2.78. The van der Waals surface area contributed by atoms with Gasteiger partial charge in [-0.25, -0.2) is 0 Å². The van der Waals surface area contributed by atoms with Crippen LogP contribution in [-0.4, -0.2) is 15.9 Å². The number of rotatable bonds is 2. The van der Waals surface area contributed by atoms with Gasteiger partial charge in [0.25, 0.3) is 0 Å². The van der Waals surface area contributed by atoms with Crippen LogP contribution < -0.4 is 0 Å². The Bertz CT molecular complexity index is 452. The lowest BCUT2D eigenvalue weighted by atomic mass is 10.1. The first-order valence-corrected chi connectivity index (χ1v) is 5.41. The highest BCUT2D eigenvalue weighted by molar-refractivity contribution is 9.10. The Morgan fingerprint density at radius 3 is 2.64 bits per heavy atom. The maximum atomic E-state index is 10.6. The molecule has 0 saturated carbocycles. The van der Waals surface area contributed by atoms with Crippen LogP contribution in [0.5, 0.6) is 0 Å². The molecule has 0 unspecified atom stereocenters. The van der Waals surface area contributed by atoms with Crippen molar-refractivity contribution in [3.05, 3.63) is 33.6 Å². The highest BCUT2D eigenvalue weighted by atomic mass is 79.9. The van der Waals surface area contributed by atoms with Crippen LogP contribution in [-0.2, 0) is 0 Å². The molecule has 0 atom stereocenters. The molecule has 0 fully saturated rings. The van der Waals surface area contributed by atoms with Crippen LogP contribution in [0.15, 0.2) is 28.7 Å². The average molecular weight is 269 g/mol. The van der Waals surface area contributed by atoms with Crippen molar-refractivity contribution in [3.8, 4) is 11.3 Å². The second-order valence-corrected chi connectivity index (χ2v) is 4.31. The van der Waals surface area contributed by atoms with Gasteiger partial charge in [0.1, 0.15) is 10.6 Å². The van der Waals surface area contributed by atoms with Crippen LogP contribution in [0.25, 0.3) is 11.3 Å². The Morgan fingerprint density at radius 1 is 1.29 bits per heavy atom. The summed E-state index contributed by atoms with van der Waals surface area (Å²) in [6.07, 6.45) is 0.780. The number of benzene rings is 1. The number of aldehydes is 1. The van der Waals surface area contributed by atoms with Crippen molar-refractivity contribution in [2.75, 3.05) is 0 Å². The van der Waals surface area contributed by atoms with Gasteiger partial charge in [-0.3, -0.25) is 4.79 Å². The van der Waals surface area contributed by atoms with Gasteiger partial charge in [-0.2, -0.15) is 0 Å². The third-order valence-electron chi connectivity index (χ3n) is 1.74. The Labute approximate surface area is 93.1 Å². The number of aromatic nitrogens is 2. The maximum Gasteiger partial charge on any atom is 0.163 e. The third kappa shape index (κ3) is 1.73. The minimum Gasteiger partial charge on any atom is -0.297 e. The zero-order valence-electron chi connectivity index (χ0n) is 6.98. The molecule has 0 amide bonds. The van der Waals surface area contributed by atoms with E-state index in [1.165, 1.54) is 0 Å². The van der Waals surface area contributed by atoms with Crippen molar-refractivity contribution in [1.29, 1.82) is 0 Å². The highest BCUT2D eigenvalue weighted by Gasteiger charge is 2.08. The summed E-state index contributed by atoms with van der Waals surface area (Å²) in [5.41, 5.74) is 1.56. The molecule has 0 saturated heterocycles. The smallest absolute Gasteiger partial charge is 0.163 e. The van der Waals surface area contributed by atoms with Crippen LogP contribution in [0.4, 0.5) is 0 Å². The molecule has 0 aliphatic carbocycles.